The van der Waals surface area contributed by atoms with Crippen LogP contribution in [0.3, 0.4) is 0 Å². The highest BCUT2D eigenvalue weighted by molar-refractivity contribution is 8.02. The van der Waals surface area contributed by atoms with Gasteiger partial charge in [0.1, 0.15) is 11.7 Å². The first-order valence-electron chi connectivity index (χ1n) is 14.5. The van der Waals surface area contributed by atoms with Gasteiger partial charge in [-0.05, 0) is 62.9 Å². The van der Waals surface area contributed by atoms with E-state index in [0.717, 1.165) is 44.1 Å². The summed E-state index contributed by atoms with van der Waals surface area (Å²) in [6, 6.07) is 7.24. The Morgan fingerprint density at radius 1 is 1.13 bits per heavy atom. The number of nitrogens with zero attached hydrogens (tertiary/aromatic N) is 2. The summed E-state index contributed by atoms with van der Waals surface area (Å²) in [7, 11) is 1.73. The highest BCUT2D eigenvalue weighted by atomic mass is 32.2. The number of likely N-dealkylation sites (N-methyl/N-ethyl adjacent to an activating group) is 1. The molecule has 2 atom stereocenters. The number of amides is 2. The number of rotatable bonds is 12. The number of carbonyl (C=O) groups is 3. The number of nitrogens with one attached hydrogen (secondary N) is 2. The average Bonchev–Trinajstić information content (AvgIpc) is 3.43. The lowest BCUT2D eigenvalue weighted by Gasteiger charge is -2.35. The molecule has 1 saturated carbocycles. The number of ketones is 1. The molecule has 7 nitrogen and oxygen atoms in total. The van der Waals surface area contributed by atoms with Gasteiger partial charge in [-0.25, -0.2) is 0 Å². The van der Waals surface area contributed by atoms with Crippen LogP contribution in [0.5, 0.6) is 0 Å². The molecule has 0 spiro atoms. The van der Waals surface area contributed by atoms with Gasteiger partial charge in [0, 0.05) is 29.3 Å². The van der Waals surface area contributed by atoms with E-state index in [1.54, 1.807) is 12.5 Å². The van der Waals surface area contributed by atoms with E-state index in [1.807, 2.05) is 43.0 Å². The van der Waals surface area contributed by atoms with Crippen molar-refractivity contribution in [3.8, 4) is 0 Å². The van der Waals surface area contributed by atoms with E-state index in [1.165, 1.54) is 18.2 Å². The molecule has 0 bridgehead atoms. The van der Waals surface area contributed by atoms with Crippen molar-refractivity contribution in [3.05, 3.63) is 46.5 Å². The summed E-state index contributed by atoms with van der Waals surface area (Å²) in [5.74, 6) is 0.942. The second-order valence-electron chi connectivity index (χ2n) is 10.4. The van der Waals surface area contributed by atoms with E-state index >= 15 is 0 Å². The van der Waals surface area contributed by atoms with Crippen LogP contribution in [0.2, 0.25) is 0 Å². The van der Waals surface area contributed by atoms with Crippen molar-refractivity contribution in [1.29, 1.82) is 0 Å². The van der Waals surface area contributed by atoms with Crippen LogP contribution in [0.1, 0.15) is 94.5 Å². The lowest BCUT2D eigenvalue weighted by atomic mass is 9.83. The standard InChI is InChI=1S/C29H42N4O3S.C2H6/c1-20(2)22-12-8-13-23(16-22)28(35)25(31-4)19-37-18-24-14-9-15-33(24)29(36)27(32-26(34)17-30-3)21-10-6-5-7-11-21;1-2/h8,12-13,16,19-21,24,27,30H,4-7,9-11,14-15,17-18H2,1-3H3,(H,32,34);1-2H3/b25-19-;. The molecule has 1 aromatic rings. The summed E-state index contributed by atoms with van der Waals surface area (Å²) in [6.07, 6.45) is 7.20. The molecule has 2 N–H and O–H groups in total. The van der Waals surface area contributed by atoms with Gasteiger partial charge in [0.2, 0.25) is 17.6 Å². The van der Waals surface area contributed by atoms with E-state index in [9.17, 15) is 14.4 Å². The number of benzene rings is 1. The third kappa shape index (κ3) is 9.60. The van der Waals surface area contributed by atoms with Gasteiger partial charge in [-0.15, -0.1) is 11.8 Å². The maximum absolute atomic E-state index is 13.7. The van der Waals surface area contributed by atoms with Crippen LogP contribution in [-0.2, 0) is 9.59 Å². The van der Waals surface area contributed by atoms with Crippen molar-refractivity contribution in [2.45, 2.75) is 90.6 Å². The minimum absolute atomic E-state index is 0.0343. The second-order valence-corrected chi connectivity index (χ2v) is 11.3. The molecule has 8 heteroatoms. The summed E-state index contributed by atoms with van der Waals surface area (Å²) in [5, 5.41) is 7.68. The molecule has 3 rings (SSSR count). The number of allylic oxidation sites excluding steroid dienone is 1. The quantitative estimate of drug-likeness (QED) is 0.200. The zero-order valence-corrected chi connectivity index (χ0v) is 25.3. The number of Topliss-reactive ketones (excluding diaryl/α,β-unsaturated/α-hetero) is 1. The van der Waals surface area contributed by atoms with Crippen LogP contribution in [0.4, 0.5) is 0 Å². The van der Waals surface area contributed by atoms with Crippen molar-refractivity contribution in [3.63, 3.8) is 0 Å². The van der Waals surface area contributed by atoms with E-state index in [4.69, 9.17) is 0 Å². The molecule has 1 saturated heterocycles. The van der Waals surface area contributed by atoms with Gasteiger partial charge in [0.05, 0.1) is 6.54 Å². The molecule has 1 aliphatic heterocycles. The predicted octanol–water partition coefficient (Wildman–Crippen LogP) is 5.57. The first kappa shape index (κ1) is 32.8. The van der Waals surface area contributed by atoms with Gasteiger partial charge in [-0.2, -0.15) is 0 Å². The molecule has 2 amide bonds. The fourth-order valence-electron chi connectivity index (χ4n) is 5.30. The lowest BCUT2D eigenvalue weighted by Crippen LogP contribution is -2.55. The van der Waals surface area contributed by atoms with Gasteiger partial charge in [-0.3, -0.25) is 19.4 Å². The molecule has 2 aliphatic rings. The highest BCUT2D eigenvalue weighted by Gasteiger charge is 2.38. The molecular formula is C31H48N4O3S. The van der Waals surface area contributed by atoms with Crippen LogP contribution < -0.4 is 10.6 Å². The third-order valence-electron chi connectivity index (χ3n) is 7.40. The normalized spacial score (nSPS) is 18.8. The smallest absolute Gasteiger partial charge is 0.245 e. The van der Waals surface area contributed by atoms with Gasteiger partial charge in [0.15, 0.2) is 0 Å². The van der Waals surface area contributed by atoms with Gasteiger partial charge in [-0.1, -0.05) is 65.2 Å². The van der Waals surface area contributed by atoms with Crippen LogP contribution in [0, 0.1) is 5.92 Å². The van der Waals surface area contributed by atoms with Crippen LogP contribution in [0.25, 0.3) is 0 Å². The molecule has 0 aromatic heterocycles. The average molecular weight is 557 g/mol. The fraction of sp³-hybridized carbons (Fsp3) is 0.613. The Labute approximate surface area is 239 Å². The third-order valence-corrected chi connectivity index (χ3v) is 8.37. The molecular weight excluding hydrogens is 508 g/mol. The van der Waals surface area contributed by atoms with Gasteiger partial charge < -0.3 is 15.5 Å². The first-order valence-corrected chi connectivity index (χ1v) is 15.6. The Balaban J connectivity index is 0.00000260. The minimum atomic E-state index is -0.470. The van der Waals surface area contributed by atoms with E-state index in [2.05, 4.69) is 36.2 Å². The summed E-state index contributed by atoms with van der Waals surface area (Å²) in [4.78, 5) is 45.1. The summed E-state index contributed by atoms with van der Waals surface area (Å²) in [5.41, 5.74) is 2.04. The maximum atomic E-state index is 13.7. The molecule has 2 fully saturated rings. The topological polar surface area (TPSA) is 90.9 Å². The molecule has 1 aromatic carbocycles. The van der Waals surface area contributed by atoms with Gasteiger partial charge in [0.25, 0.3) is 0 Å². The molecule has 0 radical (unpaired) electrons. The Morgan fingerprint density at radius 2 is 1.85 bits per heavy atom. The molecule has 2 unspecified atom stereocenters. The monoisotopic (exact) mass is 556 g/mol. The minimum Gasteiger partial charge on any atom is -0.343 e. The zero-order chi connectivity index (χ0) is 28.8. The Hall–Kier alpha value is -2.45. The van der Waals surface area contributed by atoms with Crippen molar-refractivity contribution >= 4 is 36.1 Å². The summed E-state index contributed by atoms with van der Waals surface area (Å²) in [6.45, 7) is 12.7. The number of carbonyl (C=O) groups excluding carboxylic acids is 3. The van der Waals surface area contributed by atoms with Crippen molar-refractivity contribution in [2.24, 2.45) is 10.9 Å². The zero-order valence-electron chi connectivity index (χ0n) is 24.5. The molecule has 39 heavy (non-hydrogen) atoms. The number of thioether (sulfide) groups is 1. The van der Waals surface area contributed by atoms with Gasteiger partial charge >= 0.3 is 0 Å². The van der Waals surface area contributed by atoms with Crippen LogP contribution >= 0.6 is 11.8 Å². The Kier molecular flexibility index (Phi) is 14.5. The Morgan fingerprint density at radius 3 is 2.49 bits per heavy atom. The lowest BCUT2D eigenvalue weighted by molar-refractivity contribution is -0.138. The van der Waals surface area contributed by atoms with Crippen molar-refractivity contribution in [1.82, 2.24) is 15.5 Å². The number of hydrogen-bond acceptors (Lipinski definition) is 6. The number of aliphatic imine (C=N–C) groups is 1. The van der Waals surface area contributed by atoms with E-state index in [0.29, 0.717) is 29.5 Å². The molecule has 1 aliphatic carbocycles. The predicted molar refractivity (Wildman–Crippen MR) is 163 cm³/mol. The Bertz CT molecular complexity index is 988. The van der Waals surface area contributed by atoms with E-state index in [-0.39, 0.29) is 36.1 Å². The van der Waals surface area contributed by atoms with Crippen molar-refractivity contribution < 1.29 is 14.4 Å². The number of hydrogen-bond donors (Lipinski definition) is 2. The van der Waals surface area contributed by atoms with Crippen LogP contribution in [0.15, 0.2) is 40.4 Å². The number of likely N-dealkylation sites (tertiary alicyclic amines) is 1. The van der Waals surface area contributed by atoms with Crippen molar-refractivity contribution in [2.75, 3.05) is 25.9 Å². The maximum Gasteiger partial charge on any atom is 0.245 e. The van der Waals surface area contributed by atoms with E-state index < -0.39 is 6.04 Å². The second kappa shape index (κ2) is 17.3. The first-order chi connectivity index (χ1) is 18.8. The highest BCUT2D eigenvalue weighted by Crippen LogP contribution is 2.30. The fourth-order valence-corrected chi connectivity index (χ4v) is 6.30. The van der Waals surface area contributed by atoms with Crippen LogP contribution in [-0.4, -0.2) is 67.2 Å². The summed E-state index contributed by atoms with van der Waals surface area (Å²) >= 11 is 1.50. The molecule has 1 heterocycles. The summed E-state index contributed by atoms with van der Waals surface area (Å²) < 4.78 is 0. The largest absolute Gasteiger partial charge is 0.343 e. The molecule has 216 valence electrons. The SMILES string of the molecule is C=N/C(=C\SCC1CCCN1C(=O)C(NC(=O)CNC)C1CCCCC1)C(=O)c1cccc(C(C)C)c1.CC.